The van der Waals surface area contributed by atoms with E-state index in [9.17, 15) is 0 Å². The fourth-order valence-corrected chi connectivity index (χ4v) is 2.19. The van der Waals surface area contributed by atoms with E-state index in [1.807, 2.05) is 14.1 Å². The topological polar surface area (TPSA) is 50.5 Å². The molecule has 0 fully saturated rings. The van der Waals surface area contributed by atoms with Gasteiger partial charge in [-0.3, -0.25) is 10.7 Å². The van der Waals surface area contributed by atoms with Crippen LogP contribution in [0.1, 0.15) is 28.4 Å². The van der Waals surface area contributed by atoms with Crippen LogP contribution < -0.4 is 16.0 Å². The number of hydrogen-bond donors (Lipinski definition) is 2. The predicted molar refractivity (Wildman–Crippen MR) is 71.0 cm³/mol. The summed E-state index contributed by atoms with van der Waals surface area (Å²) in [6, 6.07) is 2.06. The molecule has 0 bridgehead atoms. The lowest BCUT2D eigenvalue weighted by atomic mass is 9.95. The van der Waals surface area contributed by atoms with Crippen LogP contribution in [0.3, 0.4) is 0 Å². The van der Waals surface area contributed by atoms with Crippen molar-refractivity contribution in [2.45, 2.75) is 26.9 Å². The van der Waals surface area contributed by atoms with Gasteiger partial charge in [0, 0.05) is 0 Å². The van der Waals surface area contributed by atoms with Gasteiger partial charge in [-0.25, -0.2) is 5.43 Å². The molecular weight excluding hydrogens is 214 g/mol. The summed E-state index contributed by atoms with van der Waals surface area (Å²) in [7, 11) is 5.71. The summed E-state index contributed by atoms with van der Waals surface area (Å²) in [6.07, 6.45) is 0.0135. The quantitative estimate of drug-likeness (QED) is 0.475. The second-order valence-electron chi connectivity index (χ2n) is 4.59. The van der Waals surface area contributed by atoms with Crippen LogP contribution in [0.15, 0.2) is 6.07 Å². The standard InChI is InChI=1S/C13H23N3O/c1-8-7-11(17-6)9(2)10(3)12(8)13(15-14)16(4)5/h7,13,15H,14H2,1-6H3. The van der Waals surface area contributed by atoms with E-state index in [-0.39, 0.29) is 6.17 Å². The van der Waals surface area contributed by atoms with Crippen LogP contribution >= 0.6 is 0 Å². The average molecular weight is 237 g/mol. The van der Waals surface area contributed by atoms with Gasteiger partial charge in [0.05, 0.1) is 13.3 Å². The third-order valence-corrected chi connectivity index (χ3v) is 3.28. The van der Waals surface area contributed by atoms with Gasteiger partial charge < -0.3 is 4.74 Å². The van der Waals surface area contributed by atoms with Gasteiger partial charge >= 0.3 is 0 Å². The molecule has 1 aromatic rings. The highest BCUT2D eigenvalue weighted by molar-refractivity contribution is 5.49. The number of nitrogens with two attached hydrogens (primary N) is 1. The molecular formula is C13H23N3O. The van der Waals surface area contributed by atoms with Crippen molar-refractivity contribution in [3.05, 3.63) is 28.3 Å². The van der Waals surface area contributed by atoms with Crippen LogP contribution in [0, 0.1) is 20.8 Å². The zero-order chi connectivity index (χ0) is 13.2. The largest absolute Gasteiger partial charge is 0.496 e. The third kappa shape index (κ3) is 2.60. The van der Waals surface area contributed by atoms with Crippen molar-refractivity contribution < 1.29 is 4.74 Å². The normalized spacial score (nSPS) is 12.9. The first-order chi connectivity index (χ1) is 7.93. The van der Waals surface area contributed by atoms with Crippen LogP contribution in [-0.2, 0) is 0 Å². The molecule has 0 aliphatic carbocycles. The second-order valence-corrected chi connectivity index (χ2v) is 4.59. The molecule has 1 unspecified atom stereocenters. The van der Waals surface area contributed by atoms with Gasteiger partial charge in [0.25, 0.3) is 0 Å². The minimum Gasteiger partial charge on any atom is -0.496 e. The Balaban J connectivity index is 3.38. The molecule has 1 rings (SSSR count). The first-order valence-corrected chi connectivity index (χ1v) is 5.71. The van der Waals surface area contributed by atoms with Gasteiger partial charge in [-0.1, -0.05) is 0 Å². The maximum atomic E-state index is 5.64. The number of rotatable bonds is 4. The molecule has 0 spiro atoms. The van der Waals surface area contributed by atoms with Crippen LogP contribution in [0.25, 0.3) is 0 Å². The number of methoxy groups -OCH3 is 1. The Bertz CT molecular complexity index is 402. The molecule has 0 aliphatic rings. The summed E-state index contributed by atoms with van der Waals surface area (Å²) in [6.45, 7) is 6.26. The summed E-state index contributed by atoms with van der Waals surface area (Å²) >= 11 is 0. The van der Waals surface area contributed by atoms with Gasteiger partial charge in [-0.15, -0.1) is 0 Å². The van der Waals surface area contributed by atoms with E-state index < -0.39 is 0 Å². The molecule has 3 N–H and O–H groups in total. The molecule has 96 valence electrons. The summed E-state index contributed by atoms with van der Waals surface area (Å²) < 4.78 is 5.37. The van der Waals surface area contributed by atoms with Crippen LogP contribution in [-0.4, -0.2) is 26.1 Å². The molecule has 0 saturated carbocycles. The number of benzene rings is 1. The fourth-order valence-electron chi connectivity index (χ4n) is 2.19. The van der Waals surface area contributed by atoms with Crippen LogP contribution in [0.2, 0.25) is 0 Å². The maximum Gasteiger partial charge on any atom is 0.122 e. The predicted octanol–water partition coefficient (Wildman–Crippen LogP) is 1.64. The van der Waals surface area contributed by atoms with Crippen LogP contribution in [0.4, 0.5) is 0 Å². The van der Waals surface area contributed by atoms with E-state index in [2.05, 4.69) is 37.2 Å². The smallest absolute Gasteiger partial charge is 0.122 e. The first-order valence-electron chi connectivity index (χ1n) is 5.71. The highest BCUT2D eigenvalue weighted by atomic mass is 16.5. The number of aryl methyl sites for hydroxylation is 1. The van der Waals surface area contributed by atoms with E-state index in [0.29, 0.717) is 0 Å². The number of hydrogen-bond acceptors (Lipinski definition) is 4. The summed E-state index contributed by atoms with van der Waals surface area (Å²) in [4.78, 5) is 2.06. The molecule has 0 amide bonds. The van der Waals surface area contributed by atoms with Gasteiger partial charge in [0.1, 0.15) is 5.75 Å². The Kier molecular flexibility index (Phi) is 4.51. The van der Waals surface area contributed by atoms with Crippen molar-refractivity contribution in [2.24, 2.45) is 5.84 Å². The van der Waals surface area contributed by atoms with E-state index >= 15 is 0 Å². The molecule has 4 nitrogen and oxygen atoms in total. The van der Waals surface area contributed by atoms with Crippen molar-refractivity contribution >= 4 is 0 Å². The lowest BCUT2D eigenvalue weighted by molar-refractivity contribution is 0.251. The summed E-state index contributed by atoms with van der Waals surface area (Å²) in [5, 5.41) is 0. The zero-order valence-corrected chi connectivity index (χ0v) is 11.6. The first kappa shape index (κ1) is 14.0. The molecule has 0 aliphatic heterocycles. The summed E-state index contributed by atoms with van der Waals surface area (Å²) in [5.74, 6) is 6.57. The minimum absolute atomic E-state index is 0.0135. The second kappa shape index (κ2) is 5.49. The third-order valence-electron chi connectivity index (χ3n) is 3.28. The lowest BCUT2D eigenvalue weighted by Crippen LogP contribution is -2.38. The number of nitrogens with one attached hydrogen (secondary N) is 1. The highest BCUT2D eigenvalue weighted by Crippen LogP contribution is 2.31. The van der Waals surface area contributed by atoms with Gasteiger partial charge in [-0.2, -0.15) is 0 Å². The molecule has 17 heavy (non-hydrogen) atoms. The Morgan fingerprint density at radius 1 is 1.24 bits per heavy atom. The van der Waals surface area contributed by atoms with E-state index in [1.54, 1.807) is 7.11 Å². The molecule has 1 aromatic carbocycles. The van der Waals surface area contributed by atoms with Crippen LogP contribution in [0.5, 0.6) is 5.75 Å². The van der Waals surface area contributed by atoms with Gasteiger partial charge in [-0.05, 0) is 63.2 Å². The minimum atomic E-state index is 0.0135. The molecule has 1 atom stereocenters. The van der Waals surface area contributed by atoms with Crippen molar-refractivity contribution in [2.75, 3.05) is 21.2 Å². The lowest BCUT2D eigenvalue weighted by Gasteiger charge is -2.28. The molecule has 0 heterocycles. The van der Waals surface area contributed by atoms with E-state index in [4.69, 9.17) is 10.6 Å². The molecule has 0 saturated heterocycles. The zero-order valence-electron chi connectivity index (χ0n) is 11.6. The van der Waals surface area contributed by atoms with E-state index in [1.165, 1.54) is 16.7 Å². The molecule has 4 heteroatoms. The Morgan fingerprint density at radius 2 is 1.82 bits per heavy atom. The van der Waals surface area contributed by atoms with Gasteiger partial charge in [0.15, 0.2) is 0 Å². The monoisotopic (exact) mass is 237 g/mol. The number of ether oxygens (including phenoxy) is 1. The molecule has 0 radical (unpaired) electrons. The molecule has 0 aromatic heterocycles. The average Bonchev–Trinajstić information content (AvgIpc) is 2.28. The Morgan fingerprint density at radius 3 is 2.24 bits per heavy atom. The van der Waals surface area contributed by atoms with Crippen molar-refractivity contribution in [3.8, 4) is 5.75 Å². The van der Waals surface area contributed by atoms with Crippen molar-refractivity contribution in [1.29, 1.82) is 0 Å². The number of nitrogens with zero attached hydrogens (tertiary/aromatic N) is 1. The van der Waals surface area contributed by atoms with Gasteiger partial charge in [0.2, 0.25) is 0 Å². The Labute approximate surface area is 104 Å². The maximum absolute atomic E-state index is 5.64. The highest BCUT2D eigenvalue weighted by Gasteiger charge is 2.19. The summed E-state index contributed by atoms with van der Waals surface area (Å²) in [5.41, 5.74) is 7.63. The van der Waals surface area contributed by atoms with Crippen molar-refractivity contribution in [3.63, 3.8) is 0 Å². The van der Waals surface area contributed by atoms with E-state index in [0.717, 1.165) is 11.3 Å². The Hall–Kier alpha value is -1.10. The SMILES string of the molecule is COc1cc(C)c(C(NN)N(C)C)c(C)c1C. The fraction of sp³-hybridized carbons (Fsp3) is 0.538. The number of hydrazine groups is 1. The van der Waals surface area contributed by atoms with Crippen molar-refractivity contribution in [1.82, 2.24) is 10.3 Å².